The van der Waals surface area contributed by atoms with Crippen LogP contribution >= 0.6 is 0 Å². The molecule has 0 aliphatic carbocycles. The zero-order valence-electron chi connectivity index (χ0n) is 11.1. The van der Waals surface area contributed by atoms with Crippen LogP contribution in [0.4, 0.5) is 0 Å². The van der Waals surface area contributed by atoms with Crippen LogP contribution in [0.5, 0.6) is 0 Å². The number of rotatable bonds is 4. The summed E-state index contributed by atoms with van der Waals surface area (Å²) < 4.78 is 0. The van der Waals surface area contributed by atoms with Gasteiger partial charge < -0.3 is 5.32 Å². The number of nitrogens with one attached hydrogen (secondary N) is 1. The highest BCUT2D eigenvalue weighted by Gasteiger charge is 2.13. The summed E-state index contributed by atoms with van der Waals surface area (Å²) in [5, 5.41) is 3.31. The quantitative estimate of drug-likeness (QED) is 0.894. The average Bonchev–Trinajstić information content (AvgIpc) is 2.40. The summed E-state index contributed by atoms with van der Waals surface area (Å²) in [4.78, 5) is 8.63. The van der Waals surface area contributed by atoms with Gasteiger partial charge in [-0.15, -0.1) is 0 Å². The number of benzene rings is 1. The molecule has 1 aromatic heterocycles. The van der Waals surface area contributed by atoms with Crippen LogP contribution in [0.1, 0.15) is 35.6 Å². The zero-order chi connectivity index (χ0) is 13.0. The molecule has 1 N–H and O–H groups in total. The van der Waals surface area contributed by atoms with Crippen LogP contribution < -0.4 is 5.32 Å². The fourth-order valence-electron chi connectivity index (χ4n) is 2.07. The van der Waals surface area contributed by atoms with E-state index in [4.69, 9.17) is 0 Å². The second-order valence-corrected chi connectivity index (χ2v) is 4.35. The number of hydrogen-bond acceptors (Lipinski definition) is 3. The van der Waals surface area contributed by atoms with Gasteiger partial charge in [0.15, 0.2) is 0 Å². The summed E-state index contributed by atoms with van der Waals surface area (Å²) in [5.74, 6) is 0.804. The van der Waals surface area contributed by atoms with Gasteiger partial charge in [-0.3, -0.25) is 0 Å². The topological polar surface area (TPSA) is 37.8 Å². The fraction of sp³-hybridized carbons (Fsp3) is 0.333. The largest absolute Gasteiger partial charge is 0.308 e. The van der Waals surface area contributed by atoms with Crippen molar-refractivity contribution >= 4 is 0 Å². The van der Waals surface area contributed by atoms with Crippen molar-refractivity contribution < 1.29 is 0 Å². The van der Waals surface area contributed by atoms with Crippen molar-refractivity contribution in [2.75, 3.05) is 7.05 Å². The monoisotopic (exact) mass is 241 g/mol. The van der Waals surface area contributed by atoms with E-state index in [1.165, 1.54) is 11.1 Å². The molecule has 0 saturated heterocycles. The minimum absolute atomic E-state index is 0.123. The molecule has 1 heterocycles. The van der Waals surface area contributed by atoms with Crippen molar-refractivity contribution in [3.05, 3.63) is 59.2 Å². The Morgan fingerprint density at radius 2 is 1.89 bits per heavy atom. The molecule has 0 fully saturated rings. The van der Waals surface area contributed by atoms with Crippen LogP contribution in [-0.4, -0.2) is 17.0 Å². The number of aryl methyl sites for hydroxylation is 2. The average molecular weight is 241 g/mol. The Morgan fingerprint density at radius 3 is 2.44 bits per heavy atom. The van der Waals surface area contributed by atoms with Crippen molar-refractivity contribution in [2.24, 2.45) is 0 Å². The van der Waals surface area contributed by atoms with Crippen molar-refractivity contribution in [1.29, 1.82) is 0 Å². The molecule has 3 heteroatoms. The summed E-state index contributed by atoms with van der Waals surface area (Å²) in [6.07, 6.45) is 2.87. The van der Waals surface area contributed by atoms with Crippen molar-refractivity contribution in [1.82, 2.24) is 15.3 Å². The Hall–Kier alpha value is -1.74. The lowest BCUT2D eigenvalue weighted by atomic mass is 10.0. The van der Waals surface area contributed by atoms with E-state index in [9.17, 15) is 0 Å². The van der Waals surface area contributed by atoms with Crippen LogP contribution in [0.25, 0.3) is 0 Å². The van der Waals surface area contributed by atoms with Crippen LogP contribution in [0.15, 0.2) is 36.5 Å². The highest BCUT2D eigenvalue weighted by atomic mass is 14.9. The highest BCUT2D eigenvalue weighted by molar-refractivity contribution is 5.30. The zero-order valence-corrected chi connectivity index (χ0v) is 11.1. The van der Waals surface area contributed by atoms with E-state index >= 15 is 0 Å². The van der Waals surface area contributed by atoms with Gasteiger partial charge in [0.1, 0.15) is 5.82 Å². The van der Waals surface area contributed by atoms with Gasteiger partial charge in [-0.05, 0) is 37.6 Å². The summed E-state index contributed by atoms with van der Waals surface area (Å²) in [6, 6.07) is 10.8. The summed E-state index contributed by atoms with van der Waals surface area (Å²) >= 11 is 0. The molecule has 18 heavy (non-hydrogen) atoms. The highest BCUT2D eigenvalue weighted by Crippen LogP contribution is 2.20. The Kier molecular flexibility index (Phi) is 4.05. The molecule has 1 unspecified atom stereocenters. The molecule has 0 aliphatic rings. The molecule has 1 aromatic carbocycles. The third-order valence-corrected chi connectivity index (χ3v) is 3.10. The van der Waals surface area contributed by atoms with Gasteiger partial charge in [0.25, 0.3) is 0 Å². The molecule has 0 radical (unpaired) electrons. The Labute approximate surface area is 108 Å². The molecule has 1 atom stereocenters. The predicted octanol–water partition coefficient (Wildman–Crippen LogP) is 2.66. The van der Waals surface area contributed by atoms with Crippen molar-refractivity contribution in [3.8, 4) is 0 Å². The van der Waals surface area contributed by atoms with Gasteiger partial charge >= 0.3 is 0 Å². The molecule has 0 amide bonds. The lowest BCUT2D eigenvalue weighted by Crippen LogP contribution is -2.19. The fourth-order valence-corrected chi connectivity index (χ4v) is 2.07. The second kappa shape index (κ2) is 5.74. The number of aromatic nitrogens is 2. The Balaban J connectivity index is 2.32. The second-order valence-electron chi connectivity index (χ2n) is 4.35. The summed E-state index contributed by atoms with van der Waals surface area (Å²) in [6.45, 7) is 4.08. The van der Waals surface area contributed by atoms with Crippen molar-refractivity contribution in [2.45, 2.75) is 26.3 Å². The molecule has 0 aliphatic heterocycles. The van der Waals surface area contributed by atoms with E-state index in [1.807, 2.05) is 26.2 Å². The molecular formula is C15H19N3. The molecule has 0 saturated carbocycles. The Morgan fingerprint density at radius 1 is 1.17 bits per heavy atom. The van der Waals surface area contributed by atoms with Crippen LogP contribution in [0.2, 0.25) is 0 Å². The van der Waals surface area contributed by atoms with E-state index in [2.05, 4.69) is 46.5 Å². The molecule has 0 spiro atoms. The normalized spacial score (nSPS) is 12.4. The molecule has 3 nitrogen and oxygen atoms in total. The molecule has 2 aromatic rings. The lowest BCUT2D eigenvalue weighted by molar-refractivity contribution is 0.664. The summed E-state index contributed by atoms with van der Waals surface area (Å²) in [5.41, 5.74) is 3.59. The molecule has 94 valence electrons. The molecular weight excluding hydrogens is 222 g/mol. The van der Waals surface area contributed by atoms with E-state index in [0.717, 1.165) is 17.9 Å². The molecule has 0 bridgehead atoms. The van der Waals surface area contributed by atoms with Gasteiger partial charge in [-0.25, -0.2) is 9.97 Å². The standard InChI is InChI=1S/C15H19N3/c1-4-12-5-7-13(8-6-12)15(16-3)14-9-10-17-11(2)18-14/h5-10,15-16H,4H2,1-3H3. The first-order valence-corrected chi connectivity index (χ1v) is 6.30. The van der Waals surface area contributed by atoms with E-state index < -0.39 is 0 Å². The number of nitrogens with zero attached hydrogens (tertiary/aromatic N) is 2. The minimum Gasteiger partial charge on any atom is -0.308 e. The van der Waals surface area contributed by atoms with Gasteiger partial charge in [-0.1, -0.05) is 31.2 Å². The van der Waals surface area contributed by atoms with Gasteiger partial charge in [-0.2, -0.15) is 0 Å². The smallest absolute Gasteiger partial charge is 0.125 e. The van der Waals surface area contributed by atoms with E-state index in [-0.39, 0.29) is 6.04 Å². The summed E-state index contributed by atoms with van der Waals surface area (Å²) in [7, 11) is 1.95. The third kappa shape index (κ3) is 2.74. The van der Waals surface area contributed by atoms with Crippen LogP contribution in [0.3, 0.4) is 0 Å². The first kappa shape index (κ1) is 12.7. The van der Waals surface area contributed by atoms with Gasteiger partial charge in [0.05, 0.1) is 11.7 Å². The molecule has 2 rings (SSSR count). The first-order chi connectivity index (χ1) is 8.74. The third-order valence-electron chi connectivity index (χ3n) is 3.10. The van der Waals surface area contributed by atoms with Crippen LogP contribution in [0, 0.1) is 6.92 Å². The first-order valence-electron chi connectivity index (χ1n) is 6.30. The van der Waals surface area contributed by atoms with Crippen molar-refractivity contribution in [3.63, 3.8) is 0 Å². The maximum Gasteiger partial charge on any atom is 0.125 e. The van der Waals surface area contributed by atoms with Gasteiger partial charge in [0.2, 0.25) is 0 Å². The Bertz CT molecular complexity index is 505. The SMILES string of the molecule is CCc1ccc(C(NC)c2ccnc(C)n2)cc1. The lowest BCUT2D eigenvalue weighted by Gasteiger charge is -2.16. The maximum atomic E-state index is 4.49. The maximum absolute atomic E-state index is 4.49. The van der Waals surface area contributed by atoms with E-state index in [0.29, 0.717) is 0 Å². The van der Waals surface area contributed by atoms with Crippen LogP contribution in [-0.2, 0) is 6.42 Å². The minimum atomic E-state index is 0.123. The van der Waals surface area contributed by atoms with E-state index in [1.54, 1.807) is 0 Å². The predicted molar refractivity (Wildman–Crippen MR) is 73.5 cm³/mol. The number of hydrogen-bond donors (Lipinski definition) is 1. The van der Waals surface area contributed by atoms with Gasteiger partial charge in [0, 0.05) is 6.20 Å².